The first-order valence-electron chi connectivity index (χ1n) is 10.9. The van der Waals surface area contributed by atoms with Crippen molar-refractivity contribution in [2.75, 3.05) is 0 Å². The first-order chi connectivity index (χ1) is 13.2. The average molecular weight is 365 g/mol. The minimum atomic E-state index is -0.128. The molecule has 0 heterocycles. The molecule has 0 fully saturated rings. The smallest absolute Gasteiger partial charge is 0.0520 e. The Morgan fingerprint density at radius 3 is 2.30 bits per heavy atom. The summed E-state index contributed by atoms with van der Waals surface area (Å²) < 4.78 is 0. The fourth-order valence-corrected chi connectivity index (χ4v) is 4.80. The van der Waals surface area contributed by atoms with E-state index in [0.717, 1.165) is 6.42 Å². The first kappa shape index (κ1) is 20.1. The van der Waals surface area contributed by atoms with E-state index in [0.29, 0.717) is 11.8 Å². The van der Waals surface area contributed by atoms with Crippen LogP contribution >= 0.6 is 0 Å². The van der Waals surface area contributed by atoms with Crippen molar-refractivity contribution in [2.24, 2.45) is 17.4 Å². The van der Waals surface area contributed by atoms with Crippen LogP contribution in [0.3, 0.4) is 0 Å². The van der Waals surface area contributed by atoms with E-state index in [1.54, 1.807) is 0 Å². The highest BCUT2D eigenvalue weighted by molar-refractivity contribution is 5.81. The van der Waals surface area contributed by atoms with Gasteiger partial charge >= 0.3 is 0 Å². The minimum absolute atomic E-state index is 0.128. The Bertz CT molecular complexity index is 683. The first-order valence-corrected chi connectivity index (χ1v) is 10.9. The molecule has 0 aromatic heterocycles. The number of unbranched alkanes of at least 4 members (excludes halogenated alkanes) is 7. The topological polar surface area (TPSA) is 52.0 Å². The Kier molecular flexibility index (Phi) is 7.49. The Hall–Kier alpha value is -1.64. The van der Waals surface area contributed by atoms with Crippen molar-refractivity contribution >= 4 is 5.57 Å². The third kappa shape index (κ3) is 5.21. The van der Waals surface area contributed by atoms with Gasteiger partial charge in [0, 0.05) is 5.92 Å². The molecule has 2 heteroatoms. The van der Waals surface area contributed by atoms with Crippen LogP contribution < -0.4 is 11.5 Å². The van der Waals surface area contributed by atoms with Crippen LogP contribution in [0, 0.1) is 5.92 Å². The lowest BCUT2D eigenvalue weighted by Crippen LogP contribution is -2.29. The standard InChI is InChI=1S/C25H36N2/c1-19-13-12-17-23-21-15-11-10-14-20(21)22(25(19)23)16-8-6-4-2-3-5-7-9-18-24(26)27/h10-15,17,22,24-25H,1-9,16,18,26-27H2. The van der Waals surface area contributed by atoms with Gasteiger partial charge in [0.25, 0.3) is 0 Å². The fourth-order valence-electron chi connectivity index (χ4n) is 4.80. The van der Waals surface area contributed by atoms with Crippen molar-refractivity contribution in [2.45, 2.75) is 76.3 Å². The molecule has 0 saturated heterocycles. The van der Waals surface area contributed by atoms with E-state index >= 15 is 0 Å². The van der Waals surface area contributed by atoms with Gasteiger partial charge in [0.05, 0.1) is 6.17 Å². The quantitative estimate of drug-likeness (QED) is 0.371. The van der Waals surface area contributed by atoms with Crippen LogP contribution in [-0.2, 0) is 0 Å². The van der Waals surface area contributed by atoms with Crippen molar-refractivity contribution in [3.63, 3.8) is 0 Å². The van der Waals surface area contributed by atoms with Crippen molar-refractivity contribution < 1.29 is 0 Å². The number of benzene rings is 1. The number of allylic oxidation sites excluding steroid dienone is 5. The van der Waals surface area contributed by atoms with E-state index in [-0.39, 0.29) is 6.17 Å². The molecule has 146 valence electrons. The third-order valence-corrected chi connectivity index (χ3v) is 6.20. The van der Waals surface area contributed by atoms with E-state index < -0.39 is 0 Å². The molecule has 1 aromatic carbocycles. The largest absolute Gasteiger partial charge is 0.316 e. The highest BCUT2D eigenvalue weighted by atomic mass is 14.8. The number of rotatable bonds is 11. The van der Waals surface area contributed by atoms with Crippen molar-refractivity contribution in [3.05, 3.63) is 65.8 Å². The SMILES string of the molecule is C=C1C=CC=C2c3ccccc3C(CCCCCCCCCCC(N)N)C12. The lowest BCUT2D eigenvalue weighted by Gasteiger charge is -2.24. The van der Waals surface area contributed by atoms with Gasteiger partial charge in [0.15, 0.2) is 0 Å². The second-order valence-corrected chi connectivity index (χ2v) is 8.30. The van der Waals surface area contributed by atoms with Gasteiger partial charge in [-0.1, -0.05) is 100 Å². The van der Waals surface area contributed by atoms with Crippen LogP contribution in [0.1, 0.15) is 81.3 Å². The van der Waals surface area contributed by atoms with Gasteiger partial charge in [0.1, 0.15) is 0 Å². The number of hydrogen-bond acceptors (Lipinski definition) is 2. The number of fused-ring (bicyclic) bond motifs is 3. The van der Waals surface area contributed by atoms with Crippen LogP contribution in [0.25, 0.3) is 5.57 Å². The van der Waals surface area contributed by atoms with E-state index in [1.807, 2.05) is 0 Å². The third-order valence-electron chi connectivity index (χ3n) is 6.20. The summed E-state index contributed by atoms with van der Waals surface area (Å²) in [6, 6.07) is 8.98. The van der Waals surface area contributed by atoms with Crippen molar-refractivity contribution in [3.8, 4) is 0 Å². The highest BCUT2D eigenvalue weighted by Crippen LogP contribution is 2.52. The molecule has 2 nitrogen and oxygen atoms in total. The van der Waals surface area contributed by atoms with Gasteiger partial charge in [-0.25, -0.2) is 0 Å². The maximum atomic E-state index is 5.58. The van der Waals surface area contributed by atoms with Crippen molar-refractivity contribution in [1.29, 1.82) is 0 Å². The maximum Gasteiger partial charge on any atom is 0.0520 e. The molecular weight excluding hydrogens is 328 g/mol. The zero-order valence-electron chi connectivity index (χ0n) is 16.7. The van der Waals surface area contributed by atoms with Crippen LogP contribution in [0.15, 0.2) is 54.6 Å². The summed E-state index contributed by atoms with van der Waals surface area (Å²) >= 11 is 0. The molecule has 1 aromatic rings. The van der Waals surface area contributed by atoms with Crippen LogP contribution in [0.2, 0.25) is 0 Å². The lowest BCUT2D eigenvalue weighted by atomic mass is 9.80. The van der Waals surface area contributed by atoms with Gasteiger partial charge in [-0.3, -0.25) is 0 Å². The highest BCUT2D eigenvalue weighted by Gasteiger charge is 2.37. The Balaban J connectivity index is 1.39. The van der Waals surface area contributed by atoms with E-state index in [2.05, 4.69) is 49.1 Å². The summed E-state index contributed by atoms with van der Waals surface area (Å²) in [5.41, 5.74) is 16.9. The van der Waals surface area contributed by atoms with Gasteiger partial charge < -0.3 is 11.5 Å². The van der Waals surface area contributed by atoms with E-state index in [4.69, 9.17) is 11.5 Å². The molecule has 2 aliphatic rings. The Morgan fingerprint density at radius 2 is 1.56 bits per heavy atom. The molecule has 0 aliphatic heterocycles. The fraction of sp³-hybridized carbons (Fsp3) is 0.520. The Labute approximate surface area is 165 Å². The molecule has 27 heavy (non-hydrogen) atoms. The molecule has 0 radical (unpaired) electrons. The second-order valence-electron chi connectivity index (χ2n) is 8.30. The van der Waals surface area contributed by atoms with Crippen LogP contribution in [0.5, 0.6) is 0 Å². The summed E-state index contributed by atoms with van der Waals surface area (Å²) in [5.74, 6) is 1.12. The normalized spacial score (nSPS) is 20.7. The monoisotopic (exact) mass is 364 g/mol. The molecule has 0 amide bonds. The molecule has 0 saturated carbocycles. The van der Waals surface area contributed by atoms with Gasteiger partial charge in [-0.15, -0.1) is 0 Å². The molecule has 3 rings (SSSR count). The molecule has 4 N–H and O–H groups in total. The molecule has 2 unspecified atom stereocenters. The molecule has 0 bridgehead atoms. The summed E-state index contributed by atoms with van der Waals surface area (Å²) in [6.45, 7) is 4.35. The van der Waals surface area contributed by atoms with Crippen molar-refractivity contribution in [1.82, 2.24) is 0 Å². The van der Waals surface area contributed by atoms with Gasteiger partial charge in [0.2, 0.25) is 0 Å². The Morgan fingerprint density at radius 1 is 0.889 bits per heavy atom. The second kappa shape index (κ2) is 10.1. The zero-order valence-corrected chi connectivity index (χ0v) is 16.7. The number of nitrogens with two attached hydrogens (primary N) is 2. The predicted octanol–water partition coefficient (Wildman–Crippen LogP) is 6.05. The maximum absolute atomic E-state index is 5.58. The molecule has 2 atom stereocenters. The summed E-state index contributed by atoms with van der Waals surface area (Å²) in [4.78, 5) is 0. The van der Waals surface area contributed by atoms with Crippen LogP contribution in [-0.4, -0.2) is 6.17 Å². The summed E-state index contributed by atoms with van der Waals surface area (Å²) in [7, 11) is 0. The van der Waals surface area contributed by atoms with E-state index in [9.17, 15) is 0 Å². The zero-order chi connectivity index (χ0) is 19.1. The summed E-state index contributed by atoms with van der Waals surface area (Å²) in [6.07, 6.45) is 19.3. The van der Waals surface area contributed by atoms with Gasteiger partial charge in [-0.05, 0) is 41.0 Å². The summed E-state index contributed by atoms with van der Waals surface area (Å²) in [5, 5.41) is 0. The van der Waals surface area contributed by atoms with E-state index in [1.165, 1.54) is 80.1 Å². The van der Waals surface area contributed by atoms with Crippen LogP contribution in [0.4, 0.5) is 0 Å². The minimum Gasteiger partial charge on any atom is -0.316 e. The average Bonchev–Trinajstić information content (AvgIpc) is 2.98. The molecular formula is C25H36N2. The lowest BCUT2D eigenvalue weighted by molar-refractivity contribution is 0.498. The molecule has 0 spiro atoms. The predicted molar refractivity (Wildman–Crippen MR) is 117 cm³/mol. The van der Waals surface area contributed by atoms with Gasteiger partial charge in [-0.2, -0.15) is 0 Å². The number of hydrogen-bond donors (Lipinski definition) is 2. The molecule has 2 aliphatic carbocycles.